The highest BCUT2D eigenvalue weighted by Gasteiger charge is 2.31. The van der Waals surface area contributed by atoms with Crippen LogP contribution in [0.4, 0.5) is 10.1 Å². The lowest BCUT2D eigenvalue weighted by Gasteiger charge is -2.23. The number of benzene rings is 3. The Hall–Kier alpha value is -3.25. The van der Waals surface area contributed by atoms with E-state index in [1.807, 2.05) is 6.07 Å². The lowest BCUT2D eigenvalue weighted by molar-refractivity contribution is 0.0599. The molecule has 1 aliphatic carbocycles. The fourth-order valence-electron chi connectivity index (χ4n) is 4.64. The molecule has 1 unspecified atom stereocenters. The van der Waals surface area contributed by atoms with Gasteiger partial charge in [0, 0.05) is 18.0 Å². The molecule has 8 nitrogen and oxygen atoms in total. The van der Waals surface area contributed by atoms with Crippen molar-refractivity contribution in [2.75, 3.05) is 18.5 Å². The summed E-state index contributed by atoms with van der Waals surface area (Å²) in [5.74, 6) is -0.942. The molecule has 1 saturated carbocycles. The highest BCUT2D eigenvalue weighted by Crippen LogP contribution is 2.45. The number of anilines is 1. The number of halogens is 3. The Morgan fingerprint density at radius 3 is 2.52 bits per heavy atom. The van der Waals surface area contributed by atoms with E-state index >= 15 is 0 Å². The lowest BCUT2D eigenvalue weighted by Crippen LogP contribution is -2.25. The summed E-state index contributed by atoms with van der Waals surface area (Å²) >= 11 is 7.11. The van der Waals surface area contributed by atoms with Crippen LogP contribution in [0.5, 0.6) is 0 Å². The zero-order chi connectivity index (χ0) is 28.7. The molecule has 2 N–H and O–H groups in total. The summed E-state index contributed by atoms with van der Waals surface area (Å²) in [4.78, 5) is 25.3. The number of furan rings is 1. The van der Waals surface area contributed by atoms with Gasteiger partial charge in [0.15, 0.2) is 0 Å². The number of methoxy groups -OCH3 is 1. The molecule has 40 heavy (non-hydrogen) atoms. The zero-order valence-electron chi connectivity index (χ0n) is 21.3. The molecule has 0 saturated heterocycles. The van der Waals surface area contributed by atoms with Crippen LogP contribution in [0.2, 0.25) is 5.02 Å². The van der Waals surface area contributed by atoms with Crippen LogP contribution < -0.4 is 9.62 Å². The van der Waals surface area contributed by atoms with Crippen LogP contribution in [-0.4, -0.2) is 34.8 Å². The topological polar surface area (TPSA) is 109 Å². The summed E-state index contributed by atoms with van der Waals surface area (Å²) in [6, 6.07) is 12.2. The standard InChI is InChI=1S/C28H23BrClFN2O6S/c1-32-27(34)24-20-12-19(14-3-4-14)16(9-23(20)39-26(24)15-5-7-17(31)8-6-15)13-33(40(36)37)18-10-21(28(35)38-2)25(29)22(30)11-18/h5-12,14H,3-4,13H2,1-2H3,(H,32,34)(H,36,37). The Morgan fingerprint density at radius 2 is 1.93 bits per heavy atom. The third-order valence-electron chi connectivity index (χ3n) is 6.74. The molecule has 1 atom stereocenters. The van der Waals surface area contributed by atoms with Crippen LogP contribution in [0, 0.1) is 5.82 Å². The Bertz CT molecular complexity index is 1670. The minimum Gasteiger partial charge on any atom is -0.465 e. The van der Waals surface area contributed by atoms with Crippen molar-refractivity contribution in [1.29, 1.82) is 0 Å². The van der Waals surface area contributed by atoms with Crippen molar-refractivity contribution in [3.8, 4) is 11.3 Å². The minimum absolute atomic E-state index is 0.0225. The summed E-state index contributed by atoms with van der Waals surface area (Å²) < 4.78 is 48.9. The monoisotopic (exact) mass is 648 g/mol. The van der Waals surface area contributed by atoms with Gasteiger partial charge >= 0.3 is 5.97 Å². The number of carbonyl (C=O) groups is 2. The molecule has 208 valence electrons. The SMILES string of the molecule is CNC(=O)c1c(-c2ccc(F)cc2)oc2cc(CN(c3cc(Cl)c(Br)c(C(=O)OC)c3)S(=O)O)c(C3CC3)cc12. The Morgan fingerprint density at radius 1 is 1.23 bits per heavy atom. The molecule has 0 spiro atoms. The van der Waals surface area contributed by atoms with Crippen LogP contribution in [-0.2, 0) is 22.5 Å². The largest absolute Gasteiger partial charge is 0.465 e. The summed E-state index contributed by atoms with van der Waals surface area (Å²) in [6.45, 7) is -0.0225. The van der Waals surface area contributed by atoms with Crippen molar-refractivity contribution in [2.24, 2.45) is 0 Å². The average Bonchev–Trinajstić information content (AvgIpc) is 3.72. The van der Waals surface area contributed by atoms with E-state index in [9.17, 15) is 22.7 Å². The van der Waals surface area contributed by atoms with Crippen molar-refractivity contribution in [2.45, 2.75) is 25.3 Å². The molecule has 1 fully saturated rings. The van der Waals surface area contributed by atoms with Gasteiger partial charge in [-0.15, -0.1) is 0 Å². The van der Waals surface area contributed by atoms with Gasteiger partial charge in [0.1, 0.15) is 17.2 Å². The fourth-order valence-corrected chi connectivity index (χ4v) is 5.78. The third kappa shape index (κ3) is 5.38. The molecule has 1 amide bonds. The Kier molecular flexibility index (Phi) is 8.01. The van der Waals surface area contributed by atoms with E-state index < -0.39 is 23.1 Å². The molecule has 0 radical (unpaired) electrons. The van der Waals surface area contributed by atoms with Gasteiger partial charge in [0.25, 0.3) is 17.2 Å². The first-order valence-electron chi connectivity index (χ1n) is 12.2. The van der Waals surface area contributed by atoms with Crippen molar-refractivity contribution < 1.29 is 31.9 Å². The Labute approximate surface area is 245 Å². The van der Waals surface area contributed by atoms with Crippen LogP contribution in [0.25, 0.3) is 22.3 Å². The van der Waals surface area contributed by atoms with E-state index in [1.165, 1.54) is 54.9 Å². The molecule has 5 rings (SSSR count). The second-order valence-corrected chi connectivity index (χ2v) is 11.4. The van der Waals surface area contributed by atoms with Gasteiger partial charge < -0.3 is 14.5 Å². The highest BCUT2D eigenvalue weighted by atomic mass is 79.9. The van der Waals surface area contributed by atoms with Crippen LogP contribution >= 0.6 is 27.5 Å². The van der Waals surface area contributed by atoms with Crippen LogP contribution in [0.15, 0.2) is 57.4 Å². The first-order chi connectivity index (χ1) is 19.1. The van der Waals surface area contributed by atoms with E-state index in [1.54, 1.807) is 6.07 Å². The smallest absolute Gasteiger partial charge is 0.339 e. The van der Waals surface area contributed by atoms with Crippen molar-refractivity contribution in [3.05, 3.63) is 86.1 Å². The number of hydrogen-bond donors (Lipinski definition) is 2. The van der Waals surface area contributed by atoms with Gasteiger partial charge in [-0.3, -0.25) is 13.7 Å². The lowest BCUT2D eigenvalue weighted by atomic mass is 9.97. The second-order valence-electron chi connectivity index (χ2n) is 9.26. The van der Waals surface area contributed by atoms with Crippen LogP contribution in [0.3, 0.4) is 0 Å². The van der Waals surface area contributed by atoms with Gasteiger partial charge in [-0.2, -0.15) is 0 Å². The summed E-state index contributed by atoms with van der Waals surface area (Å²) in [7, 11) is 2.75. The number of rotatable bonds is 8. The summed E-state index contributed by atoms with van der Waals surface area (Å²) in [6.07, 6.45) is 1.85. The van der Waals surface area contributed by atoms with E-state index in [2.05, 4.69) is 21.2 Å². The molecular formula is C28H23BrClFN2O6S. The quantitative estimate of drug-likeness (QED) is 0.160. The highest BCUT2D eigenvalue weighted by molar-refractivity contribution is 9.10. The maximum Gasteiger partial charge on any atom is 0.339 e. The molecular weight excluding hydrogens is 627 g/mol. The number of nitrogens with zero attached hydrogens (tertiary/aromatic N) is 1. The summed E-state index contributed by atoms with van der Waals surface area (Å²) in [5.41, 5.74) is 3.20. The number of hydrogen-bond acceptors (Lipinski definition) is 5. The number of carbonyl (C=O) groups excluding carboxylic acids is 2. The van der Waals surface area contributed by atoms with Gasteiger partial charge in [0.05, 0.1) is 40.0 Å². The molecule has 12 heteroatoms. The number of ether oxygens (including phenoxy) is 1. The van der Waals surface area contributed by atoms with E-state index in [0.717, 1.165) is 18.4 Å². The number of amides is 1. The van der Waals surface area contributed by atoms with Gasteiger partial charge in [0.2, 0.25) is 0 Å². The molecule has 3 aromatic carbocycles. The van der Waals surface area contributed by atoms with Crippen molar-refractivity contribution >= 4 is 67.3 Å². The van der Waals surface area contributed by atoms with Crippen LogP contribution in [0.1, 0.15) is 50.6 Å². The van der Waals surface area contributed by atoms with Gasteiger partial charge in [-0.25, -0.2) is 13.4 Å². The molecule has 1 heterocycles. The summed E-state index contributed by atoms with van der Waals surface area (Å²) in [5, 5.41) is 3.40. The average molecular weight is 650 g/mol. The van der Waals surface area contributed by atoms with E-state index in [-0.39, 0.29) is 34.6 Å². The first kappa shape index (κ1) is 28.3. The number of nitrogens with one attached hydrogen (secondary N) is 1. The molecule has 0 aliphatic heterocycles. The first-order valence-corrected chi connectivity index (χ1v) is 14.4. The van der Waals surface area contributed by atoms with E-state index in [0.29, 0.717) is 37.9 Å². The van der Waals surface area contributed by atoms with Crippen molar-refractivity contribution in [3.63, 3.8) is 0 Å². The molecule has 1 aromatic heterocycles. The predicted octanol–water partition coefficient (Wildman–Crippen LogP) is 6.82. The fraction of sp³-hybridized carbons (Fsp3) is 0.214. The van der Waals surface area contributed by atoms with Gasteiger partial charge in [-0.05, 0) is 94.3 Å². The molecule has 4 aromatic rings. The normalized spacial score (nSPS) is 13.8. The molecule has 0 bridgehead atoms. The number of esters is 1. The maximum absolute atomic E-state index is 13.6. The Balaban J connectivity index is 1.65. The number of fused-ring (bicyclic) bond motifs is 1. The third-order valence-corrected chi connectivity index (χ3v) is 8.83. The van der Waals surface area contributed by atoms with Crippen molar-refractivity contribution in [1.82, 2.24) is 5.32 Å². The molecule has 1 aliphatic rings. The zero-order valence-corrected chi connectivity index (χ0v) is 24.5. The maximum atomic E-state index is 13.6. The predicted molar refractivity (Wildman–Crippen MR) is 154 cm³/mol. The minimum atomic E-state index is -2.49. The van der Waals surface area contributed by atoms with E-state index in [4.69, 9.17) is 20.8 Å². The van der Waals surface area contributed by atoms with Gasteiger partial charge in [-0.1, -0.05) is 11.6 Å². The second kappa shape index (κ2) is 11.3.